The lowest BCUT2D eigenvalue weighted by atomic mass is 10.2. The third-order valence-corrected chi connectivity index (χ3v) is 5.98. The number of hydrogen-bond acceptors (Lipinski definition) is 8. The molecule has 2 N–H and O–H groups in total. The zero-order valence-corrected chi connectivity index (χ0v) is 19.7. The van der Waals surface area contributed by atoms with Gasteiger partial charge in [-0.15, -0.1) is 0 Å². The fraction of sp³-hybridized carbons (Fsp3) is 0.130. The predicted molar refractivity (Wildman–Crippen MR) is 121 cm³/mol. The zero-order chi connectivity index (χ0) is 27.2. The Hall–Kier alpha value is -4.46. The molecule has 0 aliphatic rings. The monoisotopic (exact) mass is 537 g/mol. The molecule has 194 valence electrons. The molecule has 0 aliphatic heterocycles. The van der Waals surface area contributed by atoms with E-state index in [1.165, 1.54) is 24.3 Å². The van der Waals surface area contributed by atoms with Crippen LogP contribution >= 0.6 is 0 Å². The average molecular weight is 537 g/mol. The number of benzene rings is 2. The van der Waals surface area contributed by atoms with E-state index in [4.69, 9.17) is 4.74 Å². The summed E-state index contributed by atoms with van der Waals surface area (Å²) in [6, 6.07) is 11.1. The minimum atomic E-state index is -4.55. The third-order valence-electron chi connectivity index (χ3n) is 4.64. The zero-order valence-electron chi connectivity index (χ0n) is 18.9. The van der Waals surface area contributed by atoms with Crippen molar-refractivity contribution in [3.05, 3.63) is 83.7 Å². The number of aromatic nitrogens is 1. The third kappa shape index (κ3) is 7.27. The second kappa shape index (κ2) is 11.1. The SMILES string of the molecule is COC(=O)CNC(=O)c1ccc(C(=O)NS(=O)(=O)c2ccc(Oc3cccc(C(F)(F)F)c3)cc2)cn1. The van der Waals surface area contributed by atoms with Gasteiger partial charge in [-0.2, -0.15) is 13.2 Å². The molecule has 3 rings (SSSR count). The van der Waals surface area contributed by atoms with E-state index >= 15 is 0 Å². The van der Waals surface area contributed by atoms with E-state index in [2.05, 4.69) is 15.0 Å². The fourth-order valence-electron chi connectivity index (χ4n) is 2.78. The minimum absolute atomic E-state index is 0.0647. The van der Waals surface area contributed by atoms with Crippen LogP contribution in [0.2, 0.25) is 0 Å². The molecule has 3 aromatic rings. The van der Waals surface area contributed by atoms with Crippen molar-refractivity contribution in [2.75, 3.05) is 13.7 Å². The first-order valence-corrected chi connectivity index (χ1v) is 11.7. The smallest absolute Gasteiger partial charge is 0.416 e. The first kappa shape index (κ1) is 27.1. The topological polar surface area (TPSA) is 141 Å². The number of halogens is 3. The van der Waals surface area contributed by atoms with Crippen molar-refractivity contribution in [3.8, 4) is 11.5 Å². The Morgan fingerprint density at radius 2 is 1.65 bits per heavy atom. The molecule has 0 radical (unpaired) electrons. The van der Waals surface area contributed by atoms with Crippen LogP contribution in [0.3, 0.4) is 0 Å². The van der Waals surface area contributed by atoms with Gasteiger partial charge in [-0.25, -0.2) is 13.1 Å². The lowest BCUT2D eigenvalue weighted by Gasteiger charge is -2.11. The van der Waals surface area contributed by atoms with Gasteiger partial charge in [-0.1, -0.05) is 6.07 Å². The summed E-state index contributed by atoms with van der Waals surface area (Å²) in [7, 11) is -3.18. The van der Waals surface area contributed by atoms with Gasteiger partial charge < -0.3 is 14.8 Å². The number of methoxy groups -OCH3 is 1. The summed E-state index contributed by atoms with van der Waals surface area (Å²) in [5.74, 6) is -2.45. The summed E-state index contributed by atoms with van der Waals surface area (Å²) < 4.78 is 75.3. The lowest BCUT2D eigenvalue weighted by molar-refractivity contribution is -0.139. The minimum Gasteiger partial charge on any atom is -0.468 e. The van der Waals surface area contributed by atoms with Crippen LogP contribution in [0.5, 0.6) is 11.5 Å². The Morgan fingerprint density at radius 3 is 2.24 bits per heavy atom. The number of esters is 1. The lowest BCUT2D eigenvalue weighted by Crippen LogP contribution is -2.32. The molecular weight excluding hydrogens is 519 g/mol. The second-order valence-corrected chi connectivity index (χ2v) is 8.91. The number of hydrogen-bond donors (Lipinski definition) is 2. The van der Waals surface area contributed by atoms with Crippen molar-refractivity contribution < 1.29 is 45.4 Å². The van der Waals surface area contributed by atoms with Gasteiger partial charge in [0.05, 0.1) is 23.1 Å². The van der Waals surface area contributed by atoms with Crippen molar-refractivity contribution in [1.82, 2.24) is 15.0 Å². The predicted octanol–water partition coefficient (Wildman–Crippen LogP) is 2.91. The summed E-state index contributed by atoms with van der Waals surface area (Å²) in [5.41, 5.74) is -1.20. The van der Waals surface area contributed by atoms with Crippen LogP contribution in [-0.2, 0) is 25.7 Å². The number of nitrogens with zero attached hydrogens (tertiary/aromatic N) is 1. The number of sulfonamides is 1. The van der Waals surface area contributed by atoms with Gasteiger partial charge >= 0.3 is 12.1 Å². The quantitative estimate of drug-likeness (QED) is 0.418. The first-order valence-electron chi connectivity index (χ1n) is 10.2. The Bertz CT molecular complexity index is 1410. The number of pyridine rings is 1. The summed E-state index contributed by atoms with van der Waals surface area (Å²) in [4.78, 5) is 38.8. The molecule has 2 amide bonds. The van der Waals surface area contributed by atoms with Crippen LogP contribution in [0.4, 0.5) is 13.2 Å². The van der Waals surface area contributed by atoms with E-state index in [1.54, 1.807) is 0 Å². The molecule has 37 heavy (non-hydrogen) atoms. The van der Waals surface area contributed by atoms with Crippen LogP contribution in [0.15, 0.2) is 71.8 Å². The number of alkyl halides is 3. The molecule has 0 saturated carbocycles. The van der Waals surface area contributed by atoms with Gasteiger partial charge in [0.2, 0.25) is 0 Å². The number of ether oxygens (including phenoxy) is 2. The number of carbonyl (C=O) groups excluding carboxylic acids is 3. The molecule has 0 saturated heterocycles. The highest BCUT2D eigenvalue weighted by Gasteiger charge is 2.30. The van der Waals surface area contributed by atoms with E-state index in [1.807, 2.05) is 4.72 Å². The van der Waals surface area contributed by atoms with Gasteiger partial charge in [0.15, 0.2) is 0 Å². The van der Waals surface area contributed by atoms with E-state index in [0.717, 1.165) is 49.7 Å². The van der Waals surface area contributed by atoms with Crippen LogP contribution in [0.1, 0.15) is 26.4 Å². The van der Waals surface area contributed by atoms with Crippen molar-refractivity contribution in [1.29, 1.82) is 0 Å². The highest BCUT2D eigenvalue weighted by Crippen LogP contribution is 2.32. The van der Waals surface area contributed by atoms with Crippen molar-refractivity contribution in [3.63, 3.8) is 0 Å². The van der Waals surface area contributed by atoms with Crippen LogP contribution < -0.4 is 14.8 Å². The maximum Gasteiger partial charge on any atom is 0.416 e. The van der Waals surface area contributed by atoms with Crippen LogP contribution in [-0.4, -0.2) is 44.8 Å². The summed E-state index contributed by atoms with van der Waals surface area (Å²) in [6.45, 7) is -0.388. The Balaban J connectivity index is 1.64. The summed E-state index contributed by atoms with van der Waals surface area (Å²) in [6.07, 6.45) is -3.58. The molecule has 1 aromatic heterocycles. The molecule has 2 aromatic carbocycles. The largest absolute Gasteiger partial charge is 0.468 e. The molecule has 0 spiro atoms. The van der Waals surface area contributed by atoms with Gasteiger partial charge in [-0.3, -0.25) is 19.4 Å². The van der Waals surface area contributed by atoms with Gasteiger partial charge in [0.25, 0.3) is 21.8 Å². The molecule has 0 bridgehead atoms. The second-order valence-electron chi connectivity index (χ2n) is 7.22. The van der Waals surface area contributed by atoms with Crippen LogP contribution in [0, 0.1) is 0 Å². The van der Waals surface area contributed by atoms with E-state index in [-0.39, 0.29) is 34.2 Å². The van der Waals surface area contributed by atoms with E-state index < -0.39 is 39.5 Å². The van der Waals surface area contributed by atoms with Crippen molar-refractivity contribution in [2.24, 2.45) is 0 Å². The first-order chi connectivity index (χ1) is 17.4. The van der Waals surface area contributed by atoms with E-state index in [9.17, 15) is 36.0 Å². The Morgan fingerprint density at radius 1 is 0.946 bits per heavy atom. The van der Waals surface area contributed by atoms with Gasteiger partial charge in [0.1, 0.15) is 23.7 Å². The maximum atomic E-state index is 12.8. The number of amides is 2. The molecule has 0 fully saturated rings. The van der Waals surface area contributed by atoms with Gasteiger partial charge in [0, 0.05) is 6.20 Å². The highest BCUT2D eigenvalue weighted by atomic mass is 32.2. The maximum absolute atomic E-state index is 12.8. The number of rotatable bonds is 8. The summed E-state index contributed by atoms with van der Waals surface area (Å²) in [5, 5.41) is 2.25. The molecule has 0 unspecified atom stereocenters. The molecule has 14 heteroatoms. The van der Waals surface area contributed by atoms with Crippen molar-refractivity contribution in [2.45, 2.75) is 11.1 Å². The number of nitrogens with one attached hydrogen (secondary N) is 2. The Kier molecular flexibility index (Phi) is 8.12. The normalized spacial score (nSPS) is 11.4. The van der Waals surface area contributed by atoms with Gasteiger partial charge in [-0.05, 0) is 54.6 Å². The Labute approximate surface area is 208 Å². The fourth-order valence-corrected chi connectivity index (χ4v) is 3.75. The molecule has 1 heterocycles. The summed E-state index contributed by atoms with van der Waals surface area (Å²) >= 11 is 0. The van der Waals surface area contributed by atoms with Crippen molar-refractivity contribution >= 4 is 27.8 Å². The van der Waals surface area contributed by atoms with Crippen LogP contribution in [0.25, 0.3) is 0 Å². The standard InChI is InChI=1S/C23H18F3N3O7S/c1-35-20(30)13-28-22(32)19-10-5-14(12-27-19)21(31)29-37(33,34)18-8-6-16(7-9-18)36-17-4-2-3-15(11-17)23(24,25)26/h2-12H,13H2,1H3,(H,28,32)(H,29,31). The molecule has 0 atom stereocenters. The average Bonchev–Trinajstić information content (AvgIpc) is 2.87. The number of carbonyl (C=O) groups is 3. The molecule has 0 aliphatic carbocycles. The molecule has 10 nitrogen and oxygen atoms in total. The molecular formula is C23H18F3N3O7S. The highest BCUT2D eigenvalue weighted by molar-refractivity contribution is 7.90. The van der Waals surface area contributed by atoms with E-state index in [0.29, 0.717) is 0 Å².